The SMILES string of the molecule is CCNC(=NCC(C)(C)SC)NCCCCOCc1ccccc1.I. The van der Waals surface area contributed by atoms with Gasteiger partial charge in [0.05, 0.1) is 13.2 Å². The molecule has 0 aliphatic rings. The van der Waals surface area contributed by atoms with Crippen LogP contribution in [0, 0.1) is 0 Å². The van der Waals surface area contributed by atoms with Gasteiger partial charge < -0.3 is 15.4 Å². The van der Waals surface area contributed by atoms with E-state index in [1.165, 1.54) is 5.56 Å². The average molecular weight is 479 g/mol. The van der Waals surface area contributed by atoms with Gasteiger partial charge in [-0.2, -0.15) is 11.8 Å². The molecule has 0 aliphatic carbocycles. The van der Waals surface area contributed by atoms with Crippen LogP contribution in [-0.2, 0) is 11.3 Å². The van der Waals surface area contributed by atoms with Gasteiger partial charge in [-0.25, -0.2) is 0 Å². The summed E-state index contributed by atoms with van der Waals surface area (Å²) in [5.41, 5.74) is 1.23. The standard InChI is InChI=1S/C19H33N3OS.HI/c1-5-20-18(22-16-19(2,3)24-4)21-13-9-10-14-23-15-17-11-7-6-8-12-17;/h6-8,11-12H,5,9-10,13-16H2,1-4H3,(H2,20,21,22);1H. The van der Waals surface area contributed by atoms with Crippen molar-refractivity contribution in [3.8, 4) is 0 Å². The second-order valence-electron chi connectivity index (χ2n) is 6.33. The summed E-state index contributed by atoms with van der Waals surface area (Å²) in [6.45, 7) is 10.6. The van der Waals surface area contributed by atoms with Crippen molar-refractivity contribution in [1.29, 1.82) is 0 Å². The Balaban J connectivity index is 0.00000576. The fourth-order valence-corrected chi connectivity index (χ4v) is 2.17. The monoisotopic (exact) mass is 479 g/mol. The second kappa shape index (κ2) is 14.7. The lowest BCUT2D eigenvalue weighted by atomic mass is 10.2. The quantitative estimate of drug-likeness (QED) is 0.215. The molecule has 0 saturated carbocycles. The van der Waals surface area contributed by atoms with Crippen molar-refractivity contribution in [2.75, 3.05) is 32.5 Å². The van der Waals surface area contributed by atoms with Gasteiger partial charge in [0.25, 0.3) is 0 Å². The normalized spacial score (nSPS) is 11.8. The van der Waals surface area contributed by atoms with Gasteiger partial charge in [-0.15, -0.1) is 24.0 Å². The summed E-state index contributed by atoms with van der Waals surface area (Å²) in [6.07, 6.45) is 4.26. The zero-order valence-electron chi connectivity index (χ0n) is 16.0. The van der Waals surface area contributed by atoms with Gasteiger partial charge in [-0.3, -0.25) is 4.99 Å². The van der Waals surface area contributed by atoms with Gasteiger partial charge in [0.1, 0.15) is 0 Å². The van der Waals surface area contributed by atoms with Crippen molar-refractivity contribution in [1.82, 2.24) is 10.6 Å². The maximum atomic E-state index is 5.70. The fourth-order valence-electron chi connectivity index (χ4n) is 1.98. The molecule has 4 nitrogen and oxygen atoms in total. The van der Waals surface area contributed by atoms with Crippen molar-refractivity contribution in [2.24, 2.45) is 4.99 Å². The summed E-state index contributed by atoms with van der Waals surface area (Å²) in [4.78, 5) is 4.67. The first-order valence-electron chi connectivity index (χ1n) is 8.76. The molecule has 6 heteroatoms. The zero-order valence-corrected chi connectivity index (χ0v) is 19.2. The zero-order chi connectivity index (χ0) is 17.7. The maximum Gasteiger partial charge on any atom is 0.191 e. The topological polar surface area (TPSA) is 45.7 Å². The summed E-state index contributed by atoms with van der Waals surface area (Å²) in [5, 5.41) is 6.70. The van der Waals surface area contributed by atoms with Crippen LogP contribution < -0.4 is 10.6 Å². The maximum absolute atomic E-state index is 5.70. The molecule has 0 radical (unpaired) electrons. The molecule has 0 aliphatic heterocycles. The first kappa shape index (κ1) is 24.5. The molecule has 1 aromatic rings. The van der Waals surface area contributed by atoms with Crippen LogP contribution in [0.1, 0.15) is 39.2 Å². The molecule has 0 amide bonds. The molecule has 0 spiro atoms. The molecule has 1 rings (SSSR count). The number of rotatable bonds is 11. The Morgan fingerprint density at radius 2 is 1.88 bits per heavy atom. The van der Waals surface area contributed by atoms with Gasteiger partial charge in [0.15, 0.2) is 5.96 Å². The smallest absolute Gasteiger partial charge is 0.191 e. The van der Waals surface area contributed by atoms with Crippen molar-refractivity contribution in [3.05, 3.63) is 35.9 Å². The highest BCUT2D eigenvalue weighted by Gasteiger charge is 2.15. The Labute approximate surface area is 175 Å². The lowest BCUT2D eigenvalue weighted by molar-refractivity contribution is 0.117. The van der Waals surface area contributed by atoms with Crippen molar-refractivity contribution < 1.29 is 4.74 Å². The van der Waals surface area contributed by atoms with Crippen LogP contribution in [0.15, 0.2) is 35.3 Å². The first-order valence-corrected chi connectivity index (χ1v) is 9.99. The van der Waals surface area contributed by atoms with E-state index in [0.29, 0.717) is 6.61 Å². The molecule has 0 bridgehead atoms. The van der Waals surface area contributed by atoms with Crippen LogP contribution in [0.5, 0.6) is 0 Å². The molecule has 0 unspecified atom stereocenters. The van der Waals surface area contributed by atoms with E-state index in [0.717, 1.165) is 45.0 Å². The van der Waals surface area contributed by atoms with Crippen LogP contribution in [0.2, 0.25) is 0 Å². The molecule has 25 heavy (non-hydrogen) atoms. The van der Waals surface area contributed by atoms with E-state index < -0.39 is 0 Å². The second-order valence-corrected chi connectivity index (χ2v) is 7.84. The highest BCUT2D eigenvalue weighted by Crippen LogP contribution is 2.20. The van der Waals surface area contributed by atoms with E-state index in [1.54, 1.807) is 0 Å². The van der Waals surface area contributed by atoms with E-state index in [1.807, 2.05) is 30.0 Å². The molecule has 2 N–H and O–H groups in total. The number of halogens is 1. The number of hydrogen-bond donors (Lipinski definition) is 2. The number of benzene rings is 1. The molecule has 1 aromatic carbocycles. The van der Waals surface area contributed by atoms with Crippen molar-refractivity contribution in [3.63, 3.8) is 0 Å². The molecular weight excluding hydrogens is 445 g/mol. The van der Waals surface area contributed by atoms with Crippen LogP contribution >= 0.6 is 35.7 Å². The fraction of sp³-hybridized carbons (Fsp3) is 0.632. The lowest BCUT2D eigenvalue weighted by Crippen LogP contribution is -2.39. The van der Waals surface area contributed by atoms with Gasteiger partial charge in [0, 0.05) is 24.4 Å². The Morgan fingerprint density at radius 1 is 1.16 bits per heavy atom. The average Bonchev–Trinajstić information content (AvgIpc) is 2.59. The minimum Gasteiger partial charge on any atom is -0.377 e. The van der Waals surface area contributed by atoms with E-state index in [2.05, 4.69) is 54.8 Å². The van der Waals surface area contributed by atoms with Crippen LogP contribution in [-0.4, -0.2) is 43.2 Å². The number of unbranched alkanes of at least 4 members (excludes halogenated alkanes) is 1. The minimum absolute atomic E-state index is 0. The van der Waals surface area contributed by atoms with Gasteiger partial charge >= 0.3 is 0 Å². The Bertz CT molecular complexity index is 469. The van der Waals surface area contributed by atoms with Crippen LogP contribution in [0.3, 0.4) is 0 Å². The Kier molecular flexibility index (Phi) is 14.4. The highest BCUT2D eigenvalue weighted by molar-refractivity contribution is 14.0. The lowest BCUT2D eigenvalue weighted by Gasteiger charge is -2.20. The van der Waals surface area contributed by atoms with Crippen molar-refractivity contribution >= 4 is 41.7 Å². The van der Waals surface area contributed by atoms with E-state index >= 15 is 0 Å². The summed E-state index contributed by atoms with van der Waals surface area (Å²) < 4.78 is 5.88. The van der Waals surface area contributed by atoms with Crippen LogP contribution in [0.4, 0.5) is 0 Å². The van der Waals surface area contributed by atoms with E-state index in [4.69, 9.17) is 4.74 Å². The Morgan fingerprint density at radius 3 is 2.52 bits per heavy atom. The number of guanidine groups is 1. The summed E-state index contributed by atoms with van der Waals surface area (Å²) in [6, 6.07) is 10.3. The minimum atomic E-state index is 0. The predicted molar refractivity (Wildman–Crippen MR) is 122 cm³/mol. The summed E-state index contributed by atoms with van der Waals surface area (Å²) in [7, 11) is 0. The van der Waals surface area contributed by atoms with Gasteiger partial charge in [-0.1, -0.05) is 30.3 Å². The number of aliphatic imine (C=N–C) groups is 1. The van der Waals surface area contributed by atoms with Gasteiger partial charge in [-0.05, 0) is 45.4 Å². The molecule has 0 aromatic heterocycles. The summed E-state index contributed by atoms with van der Waals surface area (Å²) >= 11 is 1.84. The summed E-state index contributed by atoms with van der Waals surface area (Å²) in [5.74, 6) is 0.907. The van der Waals surface area contributed by atoms with Crippen LogP contribution in [0.25, 0.3) is 0 Å². The number of nitrogens with zero attached hydrogens (tertiary/aromatic N) is 1. The Hall–Kier alpha value is -0.470. The van der Waals surface area contributed by atoms with Gasteiger partial charge in [0.2, 0.25) is 0 Å². The third-order valence-electron chi connectivity index (χ3n) is 3.63. The molecule has 0 saturated heterocycles. The molecule has 0 atom stereocenters. The number of nitrogens with one attached hydrogen (secondary N) is 2. The number of ether oxygens (including phenoxy) is 1. The third-order valence-corrected chi connectivity index (χ3v) is 4.87. The molecule has 0 fully saturated rings. The largest absolute Gasteiger partial charge is 0.377 e. The molecule has 0 heterocycles. The predicted octanol–water partition coefficient (Wildman–Crippen LogP) is 4.30. The first-order chi connectivity index (χ1) is 11.6. The van der Waals surface area contributed by atoms with E-state index in [-0.39, 0.29) is 28.7 Å². The molecule has 144 valence electrons. The number of thioether (sulfide) groups is 1. The van der Waals surface area contributed by atoms with Crippen molar-refractivity contribution in [2.45, 2.75) is 45.0 Å². The highest BCUT2D eigenvalue weighted by atomic mass is 127. The third kappa shape index (κ3) is 12.5. The van der Waals surface area contributed by atoms with E-state index in [9.17, 15) is 0 Å². The molecular formula is C19H34IN3OS. The number of hydrogen-bond acceptors (Lipinski definition) is 3.